The van der Waals surface area contributed by atoms with Gasteiger partial charge >= 0.3 is 0 Å². The van der Waals surface area contributed by atoms with Crippen molar-refractivity contribution in [3.8, 4) is 11.4 Å². The van der Waals surface area contributed by atoms with Crippen LogP contribution in [0.15, 0.2) is 18.5 Å². The van der Waals surface area contributed by atoms with Crippen LogP contribution in [-0.2, 0) is 23.0 Å². The first-order valence-corrected chi connectivity index (χ1v) is 11.1. The molecule has 3 aromatic heterocycles. The predicted octanol–water partition coefficient (Wildman–Crippen LogP) is 3.40. The van der Waals surface area contributed by atoms with Crippen molar-refractivity contribution in [2.75, 3.05) is 5.32 Å². The summed E-state index contributed by atoms with van der Waals surface area (Å²) in [5.41, 5.74) is 4.19. The van der Waals surface area contributed by atoms with Crippen LogP contribution in [0.3, 0.4) is 0 Å². The van der Waals surface area contributed by atoms with Gasteiger partial charge in [0, 0.05) is 18.3 Å². The van der Waals surface area contributed by atoms with Crippen molar-refractivity contribution in [3.05, 3.63) is 39.9 Å². The lowest BCUT2D eigenvalue weighted by Crippen LogP contribution is -2.17. The van der Waals surface area contributed by atoms with E-state index in [0.29, 0.717) is 29.6 Å². The Morgan fingerprint density at radius 1 is 1.29 bits per heavy atom. The van der Waals surface area contributed by atoms with Gasteiger partial charge in [0.1, 0.15) is 10.8 Å². The maximum Gasteiger partial charge on any atom is 0.256 e. The fraction of sp³-hybridized carbons (Fsp3) is 0.353. The fourth-order valence-corrected chi connectivity index (χ4v) is 5.49. The number of hydrogen-bond acceptors (Lipinski definition) is 6. The van der Waals surface area contributed by atoms with Crippen molar-refractivity contribution in [3.63, 3.8) is 0 Å². The largest absolute Gasteiger partial charge is 0.330 e. The van der Waals surface area contributed by atoms with Gasteiger partial charge < -0.3 is 9.88 Å². The van der Waals surface area contributed by atoms with Crippen LogP contribution in [0.1, 0.15) is 24.0 Å². The van der Waals surface area contributed by atoms with Crippen LogP contribution < -0.4 is 5.32 Å². The molecular weight excluding hydrogens is 423 g/mol. The fourth-order valence-electron chi connectivity index (χ4n) is 3.45. The van der Waals surface area contributed by atoms with Gasteiger partial charge in [-0.2, -0.15) is 4.09 Å². The highest BCUT2D eigenvalue weighted by molar-refractivity contribution is 7.90. The van der Waals surface area contributed by atoms with Crippen molar-refractivity contribution < 1.29 is 8.42 Å². The Kier molecular flexibility index (Phi) is 3.98. The maximum absolute atomic E-state index is 12.3. The number of aryl methyl sites for hydroxylation is 2. The smallest absolute Gasteiger partial charge is 0.256 e. The third-order valence-electron chi connectivity index (χ3n) is 5.03. The summed E-state index contributed by atoms with van der Waals surface area (Å²) >= 11 is 12.5. The number of fused-ring (bicyclic) bond motifs is 3. The van der Waals surface area contributed by atoms with Crippen LogP contribution in [0, 0.1) is 6.92 Å². The molecule has 0 amide bonds. The normalized spacial score (nSPS) is 16.0. The Bertz CT molecular complexity index is 1210. The van der Waals surface area contributed by atoms with Crippen LogP contribution >= 0.6 is 23.2 Å². The molecule has 1 fully saturated rings. The second kappa shape index (κ2) is 6.20. The van der Waals surface area contributed by atoms with Gasteiger partial charge in [0.15, 0.2) is 5.15 Å². The molecule has 0 bridgehead atoms. The first kappa shape index (κ1) is 18.0. The molecule has 1 saturated carbocycles. The summed E-state index contributed by atoms with van der Waals surface area (Å²) in [4.78, 5) is 8.98. The Labute approximate surface area is 171 Å². The van der Waals surface area contributed by atoms with E-state index >= 15 is 0 Å². The highest BCUT2D eigenvalue weighted by Crippen LogP contribution is 2.36. The summed E-state index contributed by atoms with van der Waals surface area (Å²) < 4.78 is 27.7. The van der Waals surface area contributed by atoms with E-state index in [4.69, 9.17) is 23.2 Å². The van der Waals surface area contributed by atoms with Crippen molar-refractivity contribution in [1.29, 1.82) is 0 Å². The monoisotopic (exact) mass is 438 g/mol. The molecule has 1 N–H and O–H groups in total. The SMILES string of the molecule is Cc1cc(Cl)n2c1-c1nc(Nc3cn(S(=O)(=O)C4CC4)nc3Cl)ncc1CC2. The average Bonchev–Trinajstić information content (AvgIpc) is 3.40. The molecule has 0 atom stereocenters. The molecule has 3 aromatic rings. The van der Waals surface area contributed by atoms with Crippen LogP contribution in [0.2, 0.25) is 10.3 Å². The zero-order chi connectivity index (χ0) is 19.6. The molecular formula is C17H16Cl2N6O2S. The van der Waals surface area contributed by atoms with Crippen LogP contribution in [0.25, 0.3) is 11.4 Å². The topological polar surface area (TPSA) is 94.7 Å². The summed E-state index contributed by atoms with van der Waals surface area (Å²) in [6.45, 7) is 2.77. The number of rotatable bonds is 4. The molecule has 11 heteroatoms. The van der Waals surface area contributed by atoms with Gasteiger partial charge in [0.25, 0.3) is 10.0 Å². The Hall–Kier alpha value is -2.10. The second-order valence-electron chi connectivity index (χ2n) is 7.04. The maximum atomic E-state index is 12.3. The second-order valence-corrected chi connectivity index (χ2v) is 9.86. The van der Waals surface area contributed by atoms with Crippen LogP contribution in [0.4, 0.5) is 11.6 Å². The van der Waals surface area contributed by atoms with Crippen LogP contribution in [-0.4, -0.2) is 37.4 Å². The lowest BCUT2D eigenvalue weighted by Gasteiger charge is -2.20. The summed E-state index contributed by atoms with van der Waals surface area (Å²) in [5.74, 6) is 0.314. The van der Waals surface area contributed by atoms with Crippen molar-refractivity contribution in [2.45, 2.75) is 38.0 Å². The van der Waals surface area contributed by atoms with Crippen molar-refractivity contribution >= 4 is 44.9 Å². The zero-order valence-electron chi connectivity index (χ0n) is 14.9. The minimum Gasteiger partial charge on any atom is -0.330 e. The minimum atomic E-state index is -3.49. The first-order chi connectivity index (χ1) is 13.3. The highest BCUT2D eigenvalue weighted by atomic mass is 35.5. The molecule has 0 spiro atoms. The van der Waals surface area contributed by atoms with Gasteiger partial charge in [-0.1, -0.05) is 23.2 Å². The Balaban J connectivity index is 1.50. The number of halogens is 2. The molecule has 5 rings (SSSR count). The molecule has 0 radical (unpaired) electrons. The van der Waals surface area contributed by atoms with E-state index in [1.54, 1.807) is 6.20 Å². The molecule has 8 nitrogen and oxygen atoms in total. The van der Waals surface area contributed by atoms with E-state index in [0.717, 1.165) is 39.6 Å². The molecule has 0 unspecified atom stereocenters. The van der Waals surface area contributed by atoms with Gasteiger partial charge in [-0.3, -0.25) is 0 Å². The summed E-state index contributed by atoms with van der Waals surface area (Å²) in [7, 11) is -3.49. The van der Waals surface area contributed by atoms with Gasteiger partial charge in [-0.15, -0.1) is 5.10 Å². The zero-order valence-corrected chi connectivity index (χ0v) is 17.2. The summed E-state index contributed by atoms with van der Waals surface area (Å²) in [5, 5.41) is 7.27. The molecule has 1 aliphatic heterocycles. The average molecular weight is 439 g/mol. The Morgan fingerprint density at radius 2 is 2.07 bits per heavy atom. The van der Waals surface area contributed by atoms with E-state index < -0.39 is 10.0 Å². The molecule has 4 heterocycles. The van der Waals surface area contributed by atoms with Crippen molar-refractivity contribution in [1.82, 2.24) is 23.7 Å². The summed E-state index contributed by atoms with van der Waals surface area (Å²) in [6.07, 6.45) is 5.22. The number of nitrogens with zero attached hydrogens (tertiary/aromatic N) is 5. The predicted molar refractivity (Wildman–Crippen MR) is 107 cm³/mol. The standard InChI is InChI=1S/C17H16Cl2N6O2S/c1-9-6-13(18)24-5-4-10-7-20-17(22-14(10)15(9)24)21-12-8-25(23-16(12)19)28(26,27)11-2-3-11/h6-8,11H,2-5H2,1H3,(H,20,21,22). The third-order valence-corrected chi connectivity index (χ3v) is 7.65. The van der Waals surface area contributed by atoms with E-state index in [9.17, 15) is 8.42 Å². The summed E-state index contributed by atoms with van der Waals surface area (Å²) in [6, 6.07) is 1.92. The molecule has 146 valence electrons. The van der Waals surface area contributed by atoms with E-state index in [-0.39, 0.29) is 10.4 Å². The molecule has 2 aliphatic rings. The lowest BCUT2D eigenvalue weighted by atomic mass is 10.0. The molecule has 0 aromatic carbocycles. The molecule has 1 aliphatic carbocycles. The molecule has 0 saturated heterocycles. The van der Waals surface area contributed by atoms with E-state index in [1.807, 2.05) is 17.6 Å². The van der Waals surface area contributed by atoms with Gasteiger partial charge in [0.2, 0.25) is 5.95 Å². The minimum absolute atomic E-state index is 0.0492. The van der Waals surface area contributed by atoms with Crippen LogP contribution in [0.5, 0.6) is 0 Å². The molecule has 28 heavy (non-hydrogen) atoms. The number of nitrogens with one attached hydrogen (secondary N) is 1. The van der Waals surface area contributed by atoms with Gasteiger partial charge in [-0.05, 0) is 37.8 Å². The number of hydrogen-bond donors (Lipinski definition) is 1. The highest BCUT2D eigenvalue weighted by Gasteiger charge is 2.38. The Morgan fingerprint density at radius 3 is 2.82 bits per heavy atom. The van der Waals surface area contributed by atoms with Crippen molar-refractivity contribution in [2.24, 2.45) is 0 Å². The van der Waals surface area contributed by atoms with Gasteiger partial charge in [0.05, 0.1) is 22.8 Å². The third kappa shape index (κ3) is 2.80. The number of anilines is 2. The van der Waals surface area contributed by atoms with E-state index in [1.165, 1.54) is 6.20 Å². The van der Waals surface area contributed by atoms with E-state index in [2.05, 4.69) is 20.4 Å². The van der Waals surface area contributed by atoms with Gasteiger partial charge in [-0.25, -0.2) is 18.4 Å². The first-order valence-electron chi connectivity index (χ1n) is 8.83. The lowest BCUT2D eigenvalue weighted by molar-refractivity contribution is 0.578. The quantitative estimate of drug-likeness (QED) is 0.670. The number of aromatic nitrogens is 5.